The molecule has 0 unspecified atom stereocenters. The number of carbonyl (C=O) groups excluding carboxylic acids is 1. The summed E-state index contributed by atoms with van der Waals surface area (Å²) in [6, 6.07) is 7.05. The molecule has 1 aliphatic carbocycles. The van der Waals surface area contributed by atoms with Crippen LogP contribution in [0.25, 0.3) is 0 Å². The first-order valence-electron chi connectivity index (χ1n) is 5.43. The summed E-state index contributed by atoms with van der Waals surface area (Å²) in [5.74, 6) is -0.575. The van der Waals surface area contributed by atoms with E-state index < -0.39 is 21.0 Å². The first-order chi connectivity index (χ1) is 8.01. The zero-order valence-electron chi connectivity index (χ0n) is 9.34. The summed E-state index contributed by atoms with van der Waals surface area (Å²) >= 11 is 5.87. The van der Waals surface area contributed by atoms with E-state index in [1.165, 1.54) is 0 Å². The molecule has 92 valence electrons. The van der Waals surface area contributed by atoms with Crippen molar-refractivity contribution in [3.8, 4) is 0 Å². The van der Waals surface area contributed by atoms with Gasteiger partial charge in [0.05, 0.1) is 5.25 Å². The van der Waals surface area contributed by atoms with E-state index in [1.54, 1.807) is 25.1 Å². The van der Waals surface area contributed by atoms with Crippen LogP contribution in [-0.2, 0) is 14.6 Å². The van der Waals surface area contributed by atoms with Crippen LogP contribution in [0, 0.1) is 5.92 Å². The monoisotopic (exact) mass is 272 g/mol. The van der Waals surface area contributed by atoms with Crippen LogP contribution in [0.4, 0.5) is 0 Å². The number of aldehydes is 1. The van der Waals surface area contributed by atoms with Crippen LogP contribution in [0.5, 0.6) is 0 Å². The standard InChI is InChI=1S/C12H13ClO3S/c1-2-17(15,16)12-10(7-14)11(12)8-4-3-5-9(13)6-8/h3-7,10-12H,2H2,1H3/t10-,11+,12+/m1/s1. The highest BCUT2D eigenvalue weighted by Crippen LogP contribution is 2.51. The second-order valence-corrected chi connectivity index (χ2v) is 7.09. The summed E-state index contributed by atoms with van der Waals surface area (Å²) in [7, 11) is -3.17. The third-order valence-corrected chi connectivity index (χ3v) is 5.69. The van der Waals surface area contributed by atoms with Crippen molar-refractivity contribution in [2.24, 2.45) is 5.92 Å². The molecule has 0 amide bonds. The fourth-order valence-electron chi connectivity index (χ4n) is 2.25. The molecule has 5 heteroatoms. The molecule has 2 rings (SSSR count). The van der Waals surface area contributed by atoms with Gasteiger partial charge in [-0.2, -0.15) is 0 Å². The zero-order valence-corrected chi connectivity index (χ0v) is 10.9. The quantitative estimate of drug-likeness (QED) is 0.789. The molecule has 0 aromatic heterocycles. The number of carbonyl (C=O) groups is 1. The Morgan fingerprint density at radius 1 is 1.41 bits per heavy atom. The molecule has 0 aliphatic heterocycles. The van der Waals surface area contributed by atoms with Crippen molar-refractivity contribution in [1.82, 2.24) is 0 Å². The van der Waals surface area contributed by atoms with E-state index in [4.69, 9.17) is 11.6 Å². The van der Waals surface area contributed by atoms with Gasteiger partial charge in [-0.3, -0.25) is 0 Å². The topological polar surface area (TPSA) is 51.2 Å². The molecule has 3 nitrogen and oxygen atoms in total. The molecule has 17 heavy (non-hydrogen) atoms. The normalized spacial score (nSPS) is 27.8. The molecule has 0 radical (unpaired) electrons. The predicted octanol–water partition coefficient (Wildman–Crippen LogP) is 2.06. The smallest absolute Gasteiger partial charge is 0.154 e. The molecule has 3 atom stereocenters. The lowest BCUT2D eigenvalue weighted by molar-refractivity contribution is -0.108. The van der Waals surface area contributed by atoms with Gasteiger partial charge in [-0.1, -0.05) is 30.7 Å². The fourth-order valence-corrected chi connectivity index (χ4v) is 4.24. The Bertz CT molecular complexity index is 538. The third-order valence-electron chi connectivity index (χ3n) is 3.21. The lowest BCUT2D eigenvalue weighted by atomic mass is 10.1. The molecule has 1 fully saturated rings. The highest BCUT2D eigenvalue weighted by Gasteiger charge is 2.57. The maximum absolute atomic E-state index is 11.8. The van der Waals surface area contributed by atoms with Crippen LogP contribution < -0.4 is 0 Å². The SMILES string of the molecule is CCS(=O)(=O)[C@H]1[C@H](C=O)[C@@H]1c1cccc(Cl)c1. The summed E-state index contributed by atoms with van der Waals surface area (Å²) in [4.78, 5) is 10.9. The minimum Gasteiger partial charge on any atom is -0.303 e. The molecule has 0 N–H and O–H groups in total. The molecule has 0 saturated heterocycles. The lowest BCUT2D eigenvalue weighted by Crippen LogP contribution is -2.12. The van der Waals surface area contributed by atoms with Crippen molar-refractivity contribution in [3.63, 3.8) is 0 Å². The van der Waals surface area contributed by atoms with Crippen LogP contribution in [-0.4, -0.2) is 25.7 Å². The number of hydrogen-bond donors (Lipinski definition) is 0. The first-order valence-corrected chi connectivity index (χ1v) is 7.53. The number of halogens is 1. The Morgan fingerprint density at radius 3 is 2.65 bits per heavy atom. The summed E-state index contributed by atoms with van der Waals surface area (Å²) in [6.07, 6.45) is 0.740. The van der Waals surface area contributed by atoms with Crippen molar-refractivity contribution >= 4 is 27.7 Å². The van der Waals surface area contributed by atoms with Gasteiger partial charge in [-0.15, -0.1) is 0 Å². The van der Waals surface area contributed by atoms with Crippen molar-refractivity contribution in [2.75, 3.05) is 5.75 Å². The van der Waals surface area contributed by atoms with Crippen molar-refractivity contribution < 1.29 is 13.2 Å². The minimum atomic E-state index is -3.17. The van der Waals surface area contributed by atoms with E-state index >= 15 is 0 Å². The lowest BCUT2D eigenvalue weighted by Gasteiger charge is -2.01. The number of rotatable bonds is 4. The van der Waals surface area contributed by atoms with E-state index in [0.717, 1.165) is 11.8 Å². The maximum Gasteiger partial charge on any atom is 0.154 e. The van der Waals surface area contributed by atoms with E-state index in [-0.39, 0.29) is 11.7 Å². The molecule has 1 aromatic carbocycles. The van der Waals surface area contributed by atoms with Gasteiger partial charge in [-0.05, 0) is 17.7 Å². The van der Waals surface area contributed by atoms with Crippen LogP contribution in [0.2, 0.25) is 5.02 Å². The van der Waals surface area contributed by atoms with Crippen LogP contribution in [0.1, 0.15) is 18.4 Å². The summed E-state index contributed by atoms with van der Waals surface area (Å²) in [5.41, 5.74) is 0.830. The van der Waals surface area contributed by atoms with Gasteiger partial charge in [0.15, 0.2) is 9.84 Å². The van der Waals surface area contributed by atoms with Gasteiger partial charge < -0.3 is 4.79 Å². The second kappa shape index (κ2) is 4.42. The van der Waals surface area contributed by atoms with Crippen LogP contribution >= 0.6 is 11.6 Å². The number of sulfone groups is 1. The Labute approximate surface area is 106 Å². The molecule has 0 spiro atoms. The summed E-state index contributed by atoms with van der Waals surface area (Å²) in [6.45, 7) is 1.60. The average Bonchev–Trinajstić information content (AvgIpc) is 3.04. The van der Waals surface area contributed by atoms with E-state index in [1.807, 2.05) is 6.07 Å². The molecular formula is C12H13ClO3S. The van der Waals surface area contributed by atoms with Gasteiger partial charge in [0.25, 0.3) is 0 Å². The fraction of sp³-hybridized carbons (Fsp3) is 0.417. The predicted molar refractivity (Wildman–Crippen MR) is 67.0 cm³/mol. The number of hydrogen-bond acceptors (Lipinski definition) is 3. The zero-order chi connectivity index (χ0) is 12.6. The Balaban J connectivity index is 2.33. The molecule has 1 aliphatic rings. The van der Waals surface area contributed by atoms with Crippen LogP contribution in [0.3, 0.4) is 0 Å². The molecule has 0 heterocycles. The maximum atomic E-state index is 11.8. The van der Waals surface area contributed by atoms with Crippen molar-refractivity contribution in [2.45, 2.75) is 18.1 Å². The van der Waals surface area contributed by atoms with E-state index in [9.17, 15) is 13.2 Å². The van der Waals surface area contributed by atoms with Gasteiger partial charge in [0, 0.05) is 22.6 Å². The van der Waals surface area contributed by atoms with Gasteiger partial charge in [0.1, 0.15) is 6.29 Å². The Morgan fingerprint density at radius 2 is 2.12 bits per heavy atom. The summed E-state index contributed by atoms with van der Waals surface area (Å²) < 4.78 is 23.6. The van der Waals surface area contributed by atoms with E-state index in [2.05, 4.69) is 0 Å². The Hall–Kier alpha value is -0.870. The largest absolute Gasteiger partial charge is 0.303 e. The van der Waals surface area contributed by atoms with Crippen molar-refractivity contribution in [3.05, 3.63) is 34.9 Å². The van der Waals surface area contributed by atoms with Gasteiger partial charge in [-0.25, -0.2) is 8.42 Å². The molecular weight excluding hydrogens is 260 g/mol. The van der Waals surface area contributed by atoms with Crippen molar-refractivity contribution in [1.29, 1.82) is 0 Å². The van der Waals surface area contributed by atoms with Gasteiger partial charge in [0.2, 0.25) is 0 Å². The molecule has 1 aromatic rings. The van der Waals surface area contributed by atoms with Crippen LogP contribution in [0.15, 0.2) is 24.3 Å². The Kier molecular flexibility index (Phi) is 3.27. The second-order valence-electron chi connectivity index (χ2n) is 4.21. The van der Waals surface area contributed by atoms with E-state index in [0.29, 0.717) is 5.02 Å². The third kappa shape index (κ3) is 2.24. The van der Waals surface area contributed by atoms with Gasteiger partial charge >= 0.3 is 0 Å². The molecule has 0 bridgehead atoms. The first kappa shape index (κ1) is 12.6. The minimum absolute atomic E-state index is 0.0685. The highest BCUT2D eigenvalue weighted by atomic mass is 35.5. The highest BCUT2D eigenvalue weighted by molar-refractivity contribution is 7.92. The average molecular weight is 273 g/mol. The molecule has 1 saturated carbocycles. The number of benzene rings is 1. The summed E-state index contributed by atoms with van der Waals surface area (Å²) in [5, 5.41) is -0.00448.